The van der Waals surface area contributed by atoms with Gasteiger partial charge in [0.25, 0.3) is 0 Å². The summed E-state index contributed by atoms with van der Waals surface area (Å²) < 4.78 is 40.9. The van der Waals surface area contributed by atoms with E-state index in [2.05, 4.69) is 0 Å². The van der Waals surface area contributed by atoms with E-state index in [1.807, 2.05) is 0 Å². The zero-order valence-corrected chi connectivity index (χ0v) is 9.81. The van der Waals surface area contributed by atoms with Crippen molar-refractivity contribution in [2.24, 2.45) is 5.73 Å². The fourth-order valence-corrected chi connectivity index (χ4v) is 1.81. The van der Waals surface area contributed by atoms with Crippen LogP contribution in [-0.4, -0.2) is 0 Å². The Labute approximate surface area is 103 Å². The molecule has 94 valence electrons. The lowest BCUT2D eigenvalue weighted by molar-refractivity contribution is 0.583. The maximum atomic E-state index is 13.9. The minimum Gasteiger partial charge on any atom is -0.326 e. The fraction of sp³-hybridized carbons (Fsp3) is 0.143. The highest BCUT2D eigenvalue weighted by molar-refractivity contribution is 5.66. The van der Waals surface area contributed by atoms with Crippen LogP contribution in [0.2, 0.25) is 0 Å². The average Bonchev–Trinajstić information content (AvgIpc) is 2.36. The van der Waals surface area contributed by atoms with Crippen molar-refractivity contribution in [1.29, 1.82) is 0 Å². The second-order valence-corrected chi connectivity index (χ2v) is 4.06. The van der Waals surface area contributed by atoms with Crippen LogP contribution in [0.15, 0.2) is 30.3 Å². The van der Waals surface area contributed by atoms with Crippen LogP contribution in [0, 0.1) is 24.4 Å². The van der Waals surface area contributed by atoms with Gasteiger partial charge in [0.15, 0.2) is 0 Å². The van der Waals surface area contributed by atoms with Gasteiger partial charge in [-0.3, -0.25) is 0 Å². The molecule has 2 aromatic rings. The molecule has 0 aliphatic rings. The number of hydrogen-bond donors (Lipinski definition) is 1. The van der Waals surface area contributed by atoms with Gasteiger partial charge in [0.2, 0.25) is 0 Å². The Morgan fingerprint density at radius 1 is 1.00 bits per heavy atom. The molecular weight excluding hydrogens is 239 g/mol. The van der Waals surface area contributed by atoms with E-state index in [-0.39, 0.29) is 23.2 Å². The smallest absolute Gasteiger partial charge is 0.136 e. The van der Waals surface area contributed by atoms with Crippen molar-refractivity contribution in [2.45, 2.75) is 13.5 Å². The second kappa shape index (κ2) is 4.82. The maximum Gasteiger partial charge on any atom is 0.136 e. The van der Waals surface area contributed by atoms with Gasteiger partial charge in [-0.05, 0) is 36.2 Å². The summed E-state index contributed by atoms with van der Waals surface area (Å²) in [4.78, 5) is 0. The monoisotopic (exact) mass is 251 g/mol. The van der Waals surface area contributed by atoms with Gasteiger partial charge in [-0.25, -0.2) is 13.2 Å². The molecule has 18 heavy (non-hydrogen) atoms. The molecule has 2 aromatic carbocycles. The van der Waals surface area contributed by atoms with Crippen LogP contribution >= 0.6 is 0 Å². The third-order valence-electron chi connectivity index (χ3n) is 2.84. The SMILES string of the molecule is Cc1ccc(F)c(-c2ccc(F)c(CN)c2)c1F. The summed E-state index contributed by atoms with van der Waals surface area (Å²) >= 11 is 0. The van der Waals surface area contributed by atoms with E-state index in [0.29, 0.717) is 5.56 Å². The Morgan fingerprint density at radius 2 is 1.67 bits per heavy atom. The first-order chi connectivity index (χ1) is 8.54. The van der Waals surface area contributed by atoms with Gasteiger partial charge in [0.05, 0.1) is 5.56 Å². The maximum absolute atomic E-state index is 13.9. The molecule has 0 bridgehead atoms. The van der Waals surface area contributed by atoms with Crippen LogP contribution in [-0.2, 0) is 6.54 Å². The van der Waals surface area contributed by atoms with Crippen molar-refractivity contribution < 1.29 is 13.2 Å². The van der Waals surface area contributed by atoms with Crippen LogP contribution in [0.3, 0.4) is 0 Å². The van der Waals surface area contributed by atoms with Gasteiger partial charge in [0, 0.05) is 12.1 Å². The van der Waals surface area contributed by atoms with E-state index < -0.39 is 17.5 Å². The third-order valence-corrected chi connectivity index (χ3v) is 2.84. The van der Waals surface area contributed by atoms with E-state index in [1.165, 1.54) is 30.3 Å². The van der Waals surface area contributed by atoms with Crippen molar-refractivity contribution in [1.82, 2.24) is 0 Å². The standard InChI is InChI=1S/C14H12F3N/c1-8-2-4-12(16)13(14(8)17)9-3-5-11(15)10(6-9)7-18/h2-6H,7,18H2,1H3. The number of nitrogens with two attached hydrogens (primary N) is 1. The molecule has 0 fully saturated rings. The molecule has 0 saturated carbocycles. The lowest BCUT2D eigenvalue weighted by Gasteiger charge is -2.09. The molecule has 0 radical (unpaired) electrons. The van der Waals surface area contributed by atoms with E-state index >= 15 is 0 Å². The summed E-state index contributed by atoms with van der Waals surface area (Å²) in [5.74, 6) is -1.79. The molecular formula is C14H12F3N. The molecule has 0 atom stereocenters. The average molecular weight is 251 g/mol. The first kappa shape index (κ1) is 12.6. The highest BCUT2D eigenvalue weighted by atomic mass is 19.1. The minimum atomic E-state index is -0.673. The summed E-state index contributed by atoms with van der Waals surface area (Å²) in [6.45, 7) is 1.53. The number of hydrogen-bond acceptors (Lipinski definition) is 1. The first-order valence-electron chi connectivity index (χ1n) is 5.48. The minimum absolute atomic E-state index is 0.0191. The molecule has 4 heteroatoms. The lowest BCUT2D eigenvalue weighted by Crippen LogP contribution is -2.01. The van der Waals surface area contributed by atoms with Crippen molar-refractivity contribution >= 4 is 0 Å². The van der Waals surface area contributed by atoms with Gasteiger partial charge in [-0.1, -0.05) is 12.1 Å². The molecule has 0 amide bonds. The molecule has 0 saturated heterocycles. The predicted molar refractivity (Wildman–Crippen MR) is 64.4 cm³/mol. The molecule has 0 aliphatic heterocycles. The van der Waals surface area contributed by atoms with Gasteiger partial charge in [0.1, 0.15) is 17.5 Å². The van der Waals surface area contributed by atoms with E-state index in [4.69, 9.17) is 5.73 Å². The molecule has 0 heterocycles. The van der Waals surface area contributed by atoms with Crippen LogP contribution in [0.4, 0.5) is 13.2 Å². The Balaban J connectivity index is 2.65. The van der Waals surface area contributed by atoms with Gasteiger partial charge < -0.3 is 5.73 Å². The molecule has 0 aliphatic carbocycles. The largest absolute Gasteiger partial charge is 0.326 e. The molecule has 1 nitrogen and oxygen atoms in total. The van der Waals surface area contributed by atoms with Crippen molar-refractivity contribution in [3.8, 4) is 11.1 Å². The molecule has 0 aromatic heterocycles. The summed E-state index contributed by atoms with van der Waals surface area (Å²) in [5, 5.41) is 0. The normalized spacial score (nSPS) is 10.7. The summed E-state index contributed by atoms with van der Waals surface area (Å²) in [6.07, 6.45) is 0. The Hall–Kier alpha value is -1.81. The summed E-state index contributed by atoms with van der Waals surface area (Å²) in [5.41, 5.74) is 6.08. The number of aryl methyl sites for hydroxylation is 1. The van der Waals surface area contributed by atoms with E-state index in [0.717, 1.165) is 0 Å². The van der Waals surface area contributed by atoms with Crippen molar-refractivity contribution in [2.75, 3.05) is 0 Å². The van der Waals surface area contributed by atoms with Crippen LogP contribution < -0.4 is 5.73 Å². The predicted octanol–water partition coefficient (Wildman–Crippen LogP) is 3.54. The molecule has 2 N–H and O–H groups in total. The zero-order valence-electron chi connectivity index (χ0n) is 9.81. The van der Waals surface area contributed by atoms with Crippen molar-refractivity contribution in [3.63, 3.8) is 0 Å². The topological polar surface area (TPSA) is 26.0 Å². The zero-order chi connectivity index (χ0) is 13.3. The summed E-state index contributed by atoms with van der Waals surface area (Å²) in [7, 11) is 0. The van der Waals surface area contributed by atoms with Gasteiger partial charge >= 0.3 is 0 Å². The van der Waals surface area contributed by atoms with E-state index in [1.54, 1.807) is 6.92 Å². The summed E-state index contributed by atoms with van der Waals surface area (Å²) in [6, 6.07) is 6.44. The third kappa shape index (κ3) is 2.11. The number of rotatable bonds is 2. The second-order valence-electron chi connectivity index (χ2n) is 4.06. The quantitative estimate of drug-likeness (QED) is 0.868. The van der Waals surface area contributed by atoms with Gasteiger partial charge in [-0.2, -0.15) is 0 Å². The number of benzene rings is 2. The molecule has 0 spiro atoms. The lowest BCUT2D eigenvalue weighted by atomic mass is 9.99. The van der Waals surface area contributed by atoms with Crippen molar-refractivity contribution in [3.05, 3.63) is 58.9 Å². The van der Waals surface area contributed by atoms with Crippen LogP contribution in [0.25, 0.3) is 11.1 Å². The van der Waals surface area contributed by atoms with Crippen LogP contribution in [0.5, 0.6) is 0 Å². The first-order valence-corrected chi connectivity index (χ1v) is 5.48. The van der Waals surface area contributed by atoms with Crippen LogP contribution in [0.1, 0.15) is 11.1 Å². The highest BCUT2D eigenvalue weighted by Crippen LogP contribution is 2.29. The fourth-order valence-electron chi connectivity index (χ4n) is 1.81. The Morgan fingerprint density at radius 3 is 2.33 bits per heavy atom. The Kier molecular flexibility index (Phi) is 3.39. The highest BCUT2D eigenvalue weighted by Gasteiger charge is 2.14. The van der Waals surface area contributed by atoms with Gasteiger partial charge in [-0.15, -0.1) is 0 Å². The number of halogens is 3. The Bertz CT molecular complexity index is 594. The van der Waals surface area contributed by atoms with E-state index in [9.17, 15) is 13.2 Å². The molecule has 2 rings (SSSR count). The molecule has 0 unspecified atom stereocenters.